The van der Waals surface area contributed by atoms with Crippen LogP contribution in [0.5, 0.6) is 0 Å². The number of fused-ring (bicyclic) bond motifs is 1. The molecule has 1 saturated heterocycles. The summed E-state index contributed by atoms with van der Waals surface area (Å²) in [6.07, 6.45) is 0. The summed E-state index contributed by atoms with van der Waals surface area (Å²) in [5.74, 6) is -0.996. The van der Waals surface area contributed by atoms with E-state index in [9.17, 15) is 14.4 Å². The number of benzene rings is 1. The maximum atomic E-state index is 12.4. The Balaban J connectivity index is 1.75. The van der Waals surface area contributed by atoms with Crippen LogP contribution in [-0.2, 0) is 4.79 Å². The molecule has 116 valence electrons. The Hall–Kier alpha value is -1.73. The third-order valence-electron chi connectivity index (χ3n) is 3.95. The topological polar surface area (TPSA) is 69.7 Å². The first-order chi connectivity index (χ1) is 10.5. The minimum absolute atomic E-state index is 0.193. The molecule has 1 N–H and O–H groups in total. The summed E-state index contributed by atoms with van der Waals surface area (Å²) in [5, 5.41) is 3.25. The van der Waals surface area contributed by atoms with Crippen molar-refractivity contribution in [2.45, 2.75) is 13.0 Å². The lowest BCUT2D eigenvalue weighted by atomic mass is 10.1. The second kappa shape index (κ2) is 5.81. The van der Waals surface area contributed by atoms with Gasteiger partial charge in [0.1, 0.15) is 6.54 Å². The largest absolute Gasteiger partial charge is 0.338 e. The lowest BCUT2D eigenvalue weighted by molar-refractivity contribution is -0.132. The first kappa shape index (κ1) is 15.2. The number of imide groups is 1. The number of amides is 3. The average molecular weight is 366 g/mol. The van der Waals surface area contributed by atoms with Crippen LogP contribution >= 0.6 is 15.9 Å². The molecule has 1 atom stereocenters. The van der Waals surface area contributed by atoms with Crippen LogP contribution in [0.3, 0.4) is 0 Å². The lowest BCUT2D eigenvalue weighted by Crippen LogP contribution is -2.53. The number of nitrogens with one attached hydrogen (secondary N) is 1. The smallest absolute Gasteiger partial charge is 0.262 e. The minimum atomic E-state index is -0.405. The molecule has 2 heterocycles. The molecule has 1 unspecified atom stereocenters. The van der Waals surface area contributed by atoms with Crippen molar-refractivity contribution in [3.8, 4) is 0 Å². The van der Waals surface area contributed by atoms with Gasteiger partial charge in [-0.2, -0.15) is 0 Å². The molecular weight excluding hydrogens is 350 g/mol. The molecule has 3 rings (SSSR count). The van der Waals surface area contributed by atoms with Crippen molar-refractivity contribution in [2.75, 3.05) is 26.2 Å². The molecule has 1 fully saturated rings. The van der Waals surface area contributed by atoms with Crippen LogP contribution in [0.1, 0.15) is 27.6 Å². The average Bonchev–Trinajstić information content (AvgIpc) is 2.72. The Kier molecular flexibility index (Phi) is 4.01. The van der Waals surface area contributed by atoms with Crippen LogP contribution in [-0.4, -0.2) is 59.7 Å². The number of hydrogen-bond donors (Lipinski definition) is 1. The molecule has 1 aromatic rings. The van der Waals surface area contributed by atoms with Gasteiger partial charge in [-0.05, 0) is 25.1 Å². The summed E-state index contributed by atoms with van der Waals surface area (Å²) in [5.41, 5.74) is 0.704. The van der Waals surface area contributed by atoms with Crippen LogP contribution in [0.2, 0.25) is 0 Å². The molecule has 6 nitrogen and oxygen atoms in total. The highest BCUT2D eigenvalue weighted by Gasteiger charge is 2.37. The van der Waals surface area contributed by atoms with E-state index in [1.165, 1.54) is 0 Å². The van der Waals surface area contributed by atoms with E-state index in [0.29, 0.717) is 24.2 Å². The quantitative estimate of drug-likeness (QED) is 0.789. The van der Waals surface area contributed by atoms with Crippen molar-refractivity contribution in [1.29, 1.82) is 0 Å². The molecule has 3 amide bonds. The summed E-state index contributed by atoms with van der Waals surface area (Å²) in [4.78, 5) is 39.7. The highest BCUT2D eigenvalue weighted by atomic mass is 79.9. The number of rotatable bonds is 2. The first-order valence-corrected chi connectivity index (χ1v) is 7.93. The van der Waals surface area contributed by atoms with Crippen molar-refractivity contribution in [3.63, 3.8) is 0 Å². The van der Waals surface area contributed by atoms with Gasteiger partial charge in [-0.3, -0.25) is 19.3 Å². The van der Waals surface area contributed by atoms with Crippen molar-refractivity contribution < 1.29 is 14.4 Å². The van der Waals surface area contributed by atoms with Crippen LogP contribution in [0.4, 0.5) is 0 Å². The fourth-order valence-electron chi connectivity index (χ4n) is 2.80. The molecule has 0 bridgehead atoms. The predicted octanol–water partition coefficient (Wildman–Crippen LogP) is 0.865. The number of nitrogens with zero attached hydrogens (tertiary/aromatic N) is 2. The minimum Gasteiger partial charge on any atom is -0.338 e. The Morgan fingerprint density at radius 1 is 1.32 bits per heavy atom. The lowest BCUT2D eigenvalue weighted by Gasteiger charge is -2.32. The van der Waals surface area contributed by atoms with E-state index in [1.807, 2.05) is 6.92 Å². The van der Waals surface area contributed by atoms with Gasteiger partial charge in [-0.15, -0.1) is 0 Å². The molecule has 0 saturated carbocycles. The molecule has 0 radical (unpaired) electrons. The van der Waals surface area contributed by atoms with Crippen molar-refractivity contribution >= 4 is 33.7 Å². The number of piperazine rings is 1. The molecule has 2 aliphatic rings. The van der Waals surface area contributed by atoms with E-state index in [2.05, 4.69) is 21.2 Å². The van der Waals surface area contributed by atoms with Gasteiger partial charge in [0.2, 0.25) is 5.91 Å². The van der Waals surface area contributed by atoms with Gasteiger partial charge in [-0.25, -0.2) is 0 Å². The molecule has 0 aromatic heterocycles. The van der Waals surface area contributed by atoms with Crippen LogP contribution in [0, 0.1) is 0 Å². The van der Waals surface area contributed by atoms with Gasteiger partial charge < -0.3 is 10.2 Å². The molecular formula is C15H16BrN3O3. The summed E-state index contributed by atoms with van der Waals surface area (Å²) < 4.78 is 0.733. The summed E-state index contributed by atoms with van der Waals surface area (Å²) >= 11 is 3.29. The predicted molar refractivity (Wildman–Crippen MR) is 83.6 cm³/mol. The van der Waals surface area contributed by atoms with Gasteiger partial charge in [0.05, 0.1) is 11.1 Å². The number of halogens is 1. The number of hydrogen-bond acceptors (Lipinski definition) is 4. The second-order valence-electron chi connectivity index (χ2n) is 5.58. The van der Waals surface area contributed by atoms with Gasteiger partial charge >= 0.3 is 0 Å². The number of carbonyl (C=O) groups is 3. The van der Waals surface area contributed by atoms with E-state index in [4.69, 9.17) is 0 Å². The normalized spacial score (nSPS) is 21.3. The molecule has 0 aliphatic carbocycles. The van der Waals surface area contributed by atoms with Gasteiger partial charge in [0.25, 0.3) is 11.8 Å². The Labute approximate surface area is 136 Å². The molecule has 22 heavy (non-hydrogen) atoms. The summed E-state index contributed by atoms with van der Waals surface area (Å²) in [6.45, 7) is 3.71. The van der Waals surface area contributed by atoms with Gasteiger partial charge in [0.15, 0.2) is 0 Å². The first-order valence-electron chi connectivity index (χ1n) is 7.14. The van der Waals surface area contributed by atoms with Crippen LogP contribution in [0.15, 0.2) is 22.7 Å². The third kappa shape index (κ3) is 2.66. The van der Waals surface area contributed by atoms with E-state index < -0.39 is 11.8 Å². The number of carbonyl (C=O) groups excluding carboxylic acids is 3. The van der Waals surface area contributed by atoms with E-state index in [1.54, 1.807) is 23.1 Å². The molecule has 0 spiro atoms. The fourth-order valence-corrected chi connectivity index (χ4v) is 3.16. The second-order valence-corrected chi connectivity index (χ2v) is 6.50. The summed E-state index contributed by atoms with van der Waals surface area (Å²) in [6, 6.07) is 5.16. The van der Waals surface area contributed by atoms with Crippen molar-refractivity contribution in [2.24, 2.45) is 0 Å². The van der Waals surface area contributed by atoms with Gasteiger partial charge in [0, 0.05) is 30.1 Å². The van der Waals surface area contributed by atoms with E-state index in [-0.39, 0.29) is 18.5 Å². The Morgan fingerprint density at radius 3 is 2.77 bits per heavy atom. The zero-order chi connectivity index (χ0) is 15.9. The zero-order valence-corrected chi connectivity index (χ0v) is 13.7. The van der Waals surface area contributed by atoms with E-state index in [0.717, 1.165) is 15.9 Å². The standard InChI is InChI=1S/C15H16BrN3O3/c1-9-7-18(5-4-17-9)13(20)8-19-14(21)11-3-2-10(16)6-12(11)15(19)22/h2-3,6,9,17H,4-5,7-8H2,1H3. The highest BCUT2D eigenvalue weighted by Crippen LogP contribution is 2.26. The zero-order valence-electron chi connectivity index (χ0n) is 12.1. The highest BCUT2D eigenvalue weighted by molar-refractivity contribution is 9.10. The maximum Gasteiger partial charge on any atom is 0.262 e. The van der Waals surface area contributed by atoms with Crippen LogP contribution < -0.4 is 5.32 Å². The SMILES string of the molecule is CC1CN(C(=O)CN2C(=O)c3ccc(Br)cc3C2=O)CCN1. The van der Waals surface area contributed by atoms with Gasteiger partial charge in [-0.1, -0.05) is 15.9 Å². The summed E-state index contributed by atoms with van der Waals surface area (Å²) in [7, 11) is 0. The van der Waals surface area contributed by atoms with Crippen LogP contribution in [0.25, 0.3) is 0 Å². The Bertz CT molecular complexity index is 661. The van der Waals surface area contributed by atoms with E-state index >= 15 is 0 Å². The third-order valence-corrected chi connectivity index (χ3v) is 4.44. The molecule has 7 heteroatoms. The van der Waals surface area contributed by atoms with Crippen molar-refractivity contribution in [3.05, 3.63) is 33.8 Å². The fraction of sp³-hybridized carbons (Fsp3) is 0.400. The Morgan fingerprint density at radius 2 is 2.05 bits per heavy atom. The molecule has 1 aromatic carbocycles. The molecule has 2 aliphatic heterocycles. The van der Waals surface area contributed by atoms with Crippen molar-refractivity contribution in [1.82, 2.24) is 15.1 Å². The monoisotopic (exact) mass is 365 g/mol. The maximum absolute atomic E-state index is 12.4.